The standard InChI is InChI=1S/C17H20N4O4S/c1-2-25-13-5-3-12(4-6-13)15(22)19-20-16(23)14-11-26-17(18-14)21-7-9-24-10-8-21/h3-6,11H,2,7-10H2,1H3,(H,19,22)(H,20,23). The third-order valence-corrected chi connectivity index (χ3v) is 4.62. The molecule has 1 aromatic carbocycles. The lowest BCUT2D eigenvalue weighted by Crippen LogP contribution is -2.41. The molecule has 1 aliphatic heterocycles. The minimum atomic E-state index is -0.458. The second-order valence-electron chi connectivity index (χ2n) is 5.48. The van der Waals surface area contributed by atoms with Crippen molar-refractivity contribution in [2.24, 2.45) is 0 Å². The lowest BCUT2D eigenvalue weighted by atomic mass is 10.2. The van der Waals surface area contributed by atoms with Crippen LogP contribution in [0.1, 0.15) is 27.8 Å². The summed E-state index contributed by atoms with van der Waals surface area (Å²) >= 11 is 1.39. The van der Waals surface area contributed by atoms with Gasteiger partial charge in [0.05, 0.1) is 19.8 Å². The molecule has 1 saturated heterocycles. The molecule has 3 rings (SSSR count). The Morgan fingerprint density at radius 2 is 1.88 bits per heavy atom. The first-order chi connectivity index (χ1) is 12.7. The van der Waals surface area contributed by atoms with Crippen molar-refractivity contribution in [2.75, 3.05) is 37.8 Å². The number of ether oxygens (including phenoxy) is 2. The van der Waals surface area contributed by atoms with Crippen LogP contribution < -0.4 is 20.5 Å². The molecule has 1 aliphatic rings. The second kappa shape index (κ2) is 8.63. The van der Waals surface area contributed by atoms with Crippen LogP contribution in [0.3, 0.4) is 0 Å². The van der Waals surface area contributed by atoms with Gasteiger partial charge in [0.2, 0.25) is 0 Å². The number of hydrogen-bond acceptors (Lipinski definition) is 7. The van der Waals surface area contributed by atoms with Crippen LogP contribution in [0.25, 0.3) is 0 Å². The van der Waals surface area contributed by atoms with Crippen LogP contribution in [0.15, 0.2) is 29.6 Å². The lowest BCUT2D eigenvalue weighted by Gasteiger charge is -2.25. The number of benzene rings is 1. The van der Waals surface area contributed by atoms with E-state index < -0.39 is 11.8 Å². The third-order valence-electron chi connectivity index (χ3n) is 3.72. The van der Waals surface area contributed by atoms with E-state index in [9.17, 15) is 9.59 Å². The van der Waals surface area contributed by atoms with Gasteiger partial charge in [0, 0.05) is 24.0 Å². The smallest absolute Gasteiger partial charge is 0.289 e. The van der Waals surface area contributed by atoms with Gasteiger partial charge in [0.25, 0.3) is 11.8 Å². The SMILES string of the molecule is CCOc1ccc(C(=O)NNC(=O)c2csc(N3CCOCC3)n2)cc1. The average molecular weight is 376 g/mol. The quantitative estimate of drug-likeness (QED) is 0.768. The molecule has 2 aromatic rings. The Bertz CT molecular complexity index is 756. The summed E-state index contributed by atoms with van der Waals surface area (Å²) in [5.41, 5.74) is 5.46. The fourth-order valence-corrected chi connectivity index (χ4v) is 3.25. The van der Waals surface area contributed by atoms with E-state index in [4.69, 9.17) is 9.47 Å². The zero-order chi connectivity index (χ0) is 18.4. The molecule has 0 spiro atoms. The van der Waals surface area contributed by atoms with Gasteiger partial charge in [-0.1, -0.05) is 0 Å². The third kappa shape index (κ3) is 4.50. The van der Waals surface area contributed by atoms with Crippen molar-refractivity contribution in [2.45, 2.75) is 6.92 Å². The number of anilines is 1. The van der Waals surface area contributed by atoms with Crippen molar-refractivity contribution in [3.05, 3.63) is 40.9 Å². The molecule has 1 fully saturated rings. The van der Waals surface area contributed by atoms with Gasteiger partial charge < -0.3 is 14.4 Å². The number of hydrogen-bond donors (Lipinski definition) is 2. The maximum absolute atomic E-state index is 12.2. The van der Waals surface area contributed by atoms with Crippen molar-refractivity contribution in [3.8, 4) is 5.75 Å². The number of morpholine rings is 1. The lowest BCUT2D eigenvalue weighted by molar-refractivity contribution is 0.0844. The van der Waals surface area contributed by atoms with Crippen LogP contribution >= 0.6 is 11.3 Å². The first kappa shape index (κ1) is 18.2. The van der Waals surface area contributed by atoms with Gasteiger partial charge in [-0.25, -0.2) is 4.98 Å². The van der Waals surface area contributed by atoms with Gasteiger partial charge in [-0.2, -0.15) is 0 Å². The number of nitrogens with one attached hydrogen (secondary N) is 2. The summed E-state index contributed by atoms with van der Waals surface area (Å²) in [6.07, 6.45) is 0. The molecule has 9 heteroatoms. The minimum absolute atomic E-state index is 0.267. The highest BCUT2D eigenvalue weighted by molar-refractivity contribution is 7.13. The zero-order valence-corrected chi connectivity index (χ0v) is 15.2. The van der Waals surface area contributed by atoms with Crippen LogP contribution in [0.2, 0.25) is 0 Å². The summed E-state index contributed by atoms with van der Waals surface area (Å²) in [6, 6.07) is 6.67. The number of thiazole rings is 1. The molecule has 0 unspecified atom stereocenters. The molecule has 2 heterocycles. The fraction of sp³-hybridized carbons (Fsp3) is 0.353. The van der Waals surface area contributed by atoms with Crippen LogP contribution in [-0.4, -0.2) is 49.7 Å². The number of hydrazine groups is 1. The van der Waals surface area contributed by atoms with E-state index in [0.29, 0.717) is 31.1 Å². The number of amides is 2. The summed E-state index contributed by atoms with van der Waals surface area (Å²) < 4.78 is 10.6. The van der Waals surface area contributed by atoms with Crippen LogP contribution in [0.5, 0.6) is 5.75 Å². The summed E-state index contributed by atoms with van der Waals surface area (Å²) in [7, 11) is 0. The van der Waals surface area contributed by atoms with Crippen molar-refractivity contribution < 1.29 is 19.1 Å². The van der Waals surface area contributed by atoms with E-state index >= 15 is 0 Å². The first-order valence-electron chi connectivity index (χ1n) is 8.29. The molecule has 2 N–H and O–H groups in total. The highest BCUT2D eigenvalue weighted by atomic mass is 32.1. The monoisotopic (exact) mass is 376 g/mol. The zero-order valence-electron chi connectivity index (χ0n) is 14.4. The fourth-order valence-electron chi connectivity index (χ4n) is 2.39. The molecular weight excluding hydrogens is 356 g/mol. The molecular formula is C17H20N4O4S. The highest BCUT2D eigenvalue weighted by Gasteiger charge is 2.18. The predicted octanol–water partition coefficient (Wildman–Crippen LogP) is 1.45. The van der Waals surface area contributed by atoms with Gasteiger partial charge in [0.15, 0.2) is 5.13 Å². The normalized spacial score (nSPS) is 14.0. The highest BCUT2D eigenvalue weighted by Crippen LogP contribution is 2.21. The van der Waals surface area contributed by atoms with Crippen molar-refractivity contribution >= 4 is 28.3 Å². The van der Waals surface area contributed by atoms with Crippen LogP contribution in [-0.2, 0) is 4.74 Å². The van der Waals surface area contributed by atoms with E-state index in [1.54, 1.807) is 29.6 Å². The largest absolute Gasteiger partial charge is 0.494 e. The molecule has 0 radical (unpaired) electrons. The van der Waals surface area contributed by atoms with Gasteiger partial charge in [0.1, 0.15) is 11.4 Å². The summed E-state index contributed by atoms with van der Waals surface area (Å²) in [6.45, 7) is 5.26. The van der Waals surface area contributed by atoms with Gasteiger partial charge in [-0.05, 0) is 31.2 Å². The van der Waals surface area contributed by atoms with Crippen molar-refractivity contribution in [1.29, 1.82) is 0 Å². The number of nitrogens with zero attached hydrogens (tertiary/aromatic N) is 2. The van der Waals surface area contributed by atoms with Crippen molar-refractivity contribution in [1.82, 2.24) is 15.8 Å². The van der Waals surface area contributed by atoms with E-state index in [1.807, 2.05) is 6.92 Å². The average Bonchev–Trinajstić information content (AvgIpc) is 3.18. The molecule has 0 atom stereocenters. The Morgan fingerprint density at radius 1 is 1.19 bits per heavy atom. The Balaban J connectivity index is 1.53. The maximum atomic E-state index is 12.2. The molecule has 0 aliphatic carbocycles. The number of carbonyl (C=O) groups excluding carboxylic acids is 2. The predicted molar refractivity (Wildman–Crippen MR) is 97.7 cm³/mol. The number of rotatable bonds is 5. The topological polar surface area (TPSA) is 92.8 Å². The first-order valence-corrected chi connectivity index (χ1v) is 9.17. The Labute approximate surface area is 155 Å². The van der Waals surface area contributed by atoms with Crippen LogP contribution in [0, 0.1) is 0 Å². The Hall–Kier alpha value is -2.65. The second-order valence-corrected chi connectivity index (χ2v) is 6.32. The maximum Gasteiger partial charge on any atom is 0.289 e. The summed E-state index contributed by atoms with van der Waals surface area (Å²) in [5, 5.41) is 2.44. The number of aromatic nitrogens is 1. The van der Waals surface area contributed by atoms with Crippen molar-refractivity contribution in [3.63, 3.8) is 0 Å². The van der Waals surface area contributed by atoms with Gasteiger partial charge >= 0.3 is 0 Å². The van der Waals surface area contributed by atoms with E-state index in [0.717, 1.165) is 18.2 Å². The molecule has 0 saturated carbocycles. The summed E-state index contributed by atoms with van der Waals surface area (Å²) in [5.74, 6) is -0.184. The van der Waals surface area contributed by atoms with Gasteiger partial charge in [-0.15, -0.1) is 11.3 Å². The van der Waals surface area contributed by atoms with E-state index in [-0.39, 0.29) is 5.69 Å². The van der Waals surface area contributed by atoms with E-state index in [2.05, 4.69) is 20.7 Å². The molecule has 26 heavy (non-hydrogen) atoms. The van der Waals surface area contributed by atoms with Crippen LogP contribution in [0.4, 0.5) is 5.13 Å². The Morgan fingerprint density at radius 3 is 2.58 bits per heavy atom. The number of carbonyl (C=O) groups is 2. The molecule has 8 nitrogen and oxygen atoms in total. The van der Waals surface area contributed by atoms with E-state index in [1.165, 1.54) is 11.3 Å². The molecule has 138 valence electrons. The molecule has 2 amide bonds. The van der Waals surface area contributed by atoms with Gasteiger partial charge in [-0.3, -0.25) is 20.4 Å². The Kier molecular flexibility index (Phi) is 6.03. The molecule has 0 bridgehead atoms. The molecule has 1 aromatic heterocycles. The summed E-state index contributed by atoms with van der Waals surface area (Å²) in [4.78, 5) is 30.7. The minimum Gasteiger partial charge on any atom is -0.494 e.